The van der Waals surface area contributed by atoms with Crippen LogP contribution in [-0.2, 0) is 16.0 Å². The lowest BCUT2D eigenvalue weighted by Gasteiger charge is -2.23. The third kappa shape index (κ3) is 7.99. The Hall–Kier alpha value is -3.07. The van der Waals surface area contributed by atoms with Gasteiger partial charge in [-0.2, -0.15) is 17.6 Å². The highest BCUT2D eigenvalue weighted by atomic mass is 32.1. The lowest BCUT2D eigenvalue weighted by Crippen LogP contribution is -2.31. The number of halogens is 1. The number of hydrogen-bond acceptors (Lipinski definition) is 7. The van der Waals surface area contributed by atoms with Gasteiger partial charge in [0.15, 0.2) is 5.82 Å². The van der Waals surface area contributed by atoms with Gasteiger partial charge < -0.3 is 9.42 Å². The zero-order chi connectivity index (χ0) is 25.4. The van der Waals surface area contributed by atoms with Crippen LogP contribution in [0.1, 0.15) is 63.5 Å². The van der Waals surface area contributed by atoms with Crippen LogP contribution in [0.5, 0.6) is 0 Å². The first-order valence-electron chi connectivity index (χ1n) is 11.7. The molecule has 35 heavy (non-hydrogen) atoms. The van der Waals surface area contributed by atoms with E-state index < -0.39 is 10.6 Å². The van der Waals surface area contributed by atoms with E-state index in [1.807, 2.05) is 45.0 Å². The molecule has 0 aliphatic carbocycles. The zero-order valence-corrected chi connectivity index (χ0v) is 21.4. The second-order valence-corrected chi connectivity index (χ2v) is 10.1. The smallest absolute Gasteiger partial charge is 0.227 e. The van der Waals surface area contributed by atoms with Crippen molar-refractivity contribution in [1.82, 2.24) is 20.1 Å². The fraction of sp³-hybridized carbons (Fsp3) is 0.423. The van der Waals surface area contributed by atoms with Crippen molar-refractivity contribution in [2.45, 2.75) is 64.0 Å². The SMILES string of the molecule is C=C(F)CCC(=O)N(CCCCCc1nc(C(C)(C)S)no1)c1cccc(-c2cnc(C)nc2)c1. The Bertz CT molecular complexity index is 1140. The number of thiol groups is 1. The van der Waals surface area contributed by atoms with E-state index in [1.54, 1.807) is 17.3 Å². The average molecular weight is 498 g/mol. The van der Waals surface area contributed by atoms with Gasteiger partial charge in [0, 0.05) is 49.5 Å². The molecule has 0 saturated carbocycles. The Morgan fingerprint density at radius 1 is 1.14 bits per heavy atom. The number of amides is 1. The number of rotatable bonds is 12. The molecule has 0 unspecified atom stereocenters. The standard InChI is InChI=1S/C26H32FN5O2S/c1-18(27)12-13-24(33)32(14-7-5-6-11-23-30-25(31-34-23)26(3,4)35)22-10-8-9-20(15-22)21-16-28-19(2)29-17-21/h8-10,15-17,35H,1,5-7,11-14H2,2-4H3. The van der Waals surface area contributed by atoms with Crippen LogP contribution in [0, 0.1) is 6.92 Å². The van der Waals surface area contributed by atoms with Crippen molar-refractivity contribution in [3.63, 3.8) is 0 Å². The van der Waals surface area contributed by atoms with Crippen LogP contribution in [0.15, 0.2) is 53.6 Å². The average Bonchev–Trinajstić information content (AvgIpc) is 3.30. The third-order valence-corrected chi connectivity index (χ3v) is 5.67. The molecule has 186 valence electrons. The normalized spacial score (nSPS) is 11.5. The van der Waals surface area contributed by atoms with Crippen molar-refractivity contribution in [3.05, 3.63) is 66.6 Å². The summed E-state index contributed by atoms with van der Waals surface area (Å²) in [7, 11) is 0. The second-order valence-electron chi connectivity index (χ2n) is 9.01. The number of allylic oxidation sites excluding steroid dienone is 1. The lowest BCUT2D eigenvalue weighted by molar-refractivity contribution is -0.118. The van der Waals surface area contributed by atoms with Crippen molar-refractivity contribution in [2.75, 3.05) is 11.4 Å². The summed E-state index contributed by atoms with van der Waals surface area (Å²) < 4.78 is 18.1. The van der Waals surface area contributed by atoms with Gasteiger partial charge in [-0.1, -0.05) is 30.3 Å². The molecule has 7 nitrogen and oxygen atoms in total. The minimum absolute atomic E-state index is 0.0157. The molecule has 0 atom stereocenters. The first-order chi connectivity index (χ1) is 16.6. The number of hydrogen-bond donors (Lipinski definition) is 1. The Labute approximate surface area is 211 Å². The highest BCUT2D eigenvalue weighted by Gasteiger charge is 2.22. The number of aryl methyl sites for hydroxylation is 2. The van der Waals surface area contributed by atoms with Crippen molar-refractivity contribution in [2.24, 2.45) is 0 Å². The first-order valence-corrected chi connectivity index (χ1v) is 12.2. The Morgan fingerprint density at radius 3 is 2.54 bits per heavy atom. The van der Waals surface area contributed by atoms with Crippen molar-refractivity contribution in [1.29, 1.82) is 0 Å². The van der Waals surface area contributed by atoms with Gasteiger partial charge in [0.05, 0.1) is 10.6 Å². The van der Waals surface area contributed by atoms with E-state index in [-0.39, 0.29) is 18.7 Å². The minimum atomic E-state index is -0.493. The third-order valence-electron chi connectivity index (χ3n) is 5.47. The molecule has 0 radical (unpaired) electrons. The van der Waals surface area contributed by atoms with Crippen LogP contribution in [0.4, 0.5) is 10.1 Å². The number of carbonyl (C=O) groups excluding carboxylic acids is 1. The van der Waals surface area contributed by atoms with Gasteiger partial charge >= 0.3 is 0 Å². The fourth-order valence-corrected chi connectivity index (χ4v) is 3.59. The van der Waals surface area contributed by atoms with Crippen molar-refractivity contribution < 1.29 is 13.7 Å². The van der Waals surface area contributed by atoms with Gasteiger partial charge in [0.1, 0.15) is 5.82 Å². The summed E-state index contributed by atoms with van der Waals surface area (Å²) in [6.07, 6.45) is 6.76. The van der Waals surface area contributed by atoms with E-state index >= 15 is 0 Å². The molecule has 0 spiro atoms. The monoisotopic (exact) mass is 497 g/mol. The molecular formula is C26H32FN5O2S. The predicted molar refractivity (Wildman–Crippen MR) is 138 cm³/mol. The maximum absolute atomic E-state index is 13.2. The Balaban J connectivity index is 1.64. The summed E-state index contributed by atoms with van der Waals surface area (Å²) in [6.45, 7) is 9.45. The Morgan fingerprint density at radius 2 is 1.89 bits per heavy atom. The molecule has 0 aliphatic heterocycles. The molecule has 3 aromatic rings. The molecule has 1 amide bonds. The molecular weight excluding hydrogens is 465 g/mol. The largest absolute Gasteiger partial charge is 0.339 e. The topological polar surface area (TPSA) is 85.0 Å². The fourth-order valence-electron chi connectivity index (χ4n) is 3.50. The predicted octanol–water partition coefficient (Wildman–Crippen LogP) is 6.01. The number of aromatic nitrogens is 4. The van der Waals surface area contributed by atoms with E-state index in [1.165, 1.54) is 0 Å². The van der Waals surface area contributed by atoms with Crippen LogP contribution in [0.2, 0.25) is 0 Å². The van der Waals surface area contributed by atoms with Crippen molar-refractivity contribution in [3.8, 4) is 11.1 Å². The number of unbranched alkanes of at least 4 members (excludes halogenated alkanes) is 2. The summed E-state index contributed by atoms with van der Waals surface area (Å²) in [5.41, 5.74) is 2.54. The summed E-state index contributed by atoms with van der Waals surface area (Å²) in [6, 6.07) is 7.68. The van der Waals surface area contributed by atoms with Gasteiger partial charge in [-0.3, -0.25) is 4.79 Å². The number of nitrogens with zero attached hydrogens (tertiary/aromatic N) is 5. The molecule has 1 aromatic carbocycles. The van der Waals surface area contributed by atoms with Gasteiger partial charge in [-0.15, -0.1) is 0 Å². The molecule has 0 bridgehead atoms. The lowest BCUT2D eigenvalue weighted by atomic mass is 10.1. The summed E-state index contributed by atoms with van der Waals surface area (Å²) in [5.74, 6) is 1.22. The minimum Gasteiger partial charge on any atom is -0.339 e. The van der Waals surface area contributed by atoms with Gasteiger partial charge in [-0.05, 0) is 51.3 Å². The van der Waals surface area contributed by atoms with Crippen LogP contribution < -0.4 is 4.90 Å². The molecule has 0 saturated heterocycles. The van der Waals surface area contributed by atoms with Gasteiger partial charge in [-0.25, -0.2) is 14.4 Å². The molecule has 3 rings (SSSR count). The van der Waals surface area contributed by atoms with E-state index in [9.17, 15) is 9.18 Å². The number of benzene rings is 1. The second kappa shape index (κ2) is 12.1. The summed E-state index contributed by atoms with van der Waals surface area (Å²) in [4.78, 5) is 27.6. The zero-order valence-electron chi connectivity index (χ0n) is 20.5. The van der Waals surface area contributed by atoms with Crippen LogP contribution in [0.3, 0.4) is 0 Å². The van der Waals surface area contributed by atoms with Crippen molar-refractivity contribution >= 4 is 24.2 Å². The van der Waals surface area contributed by atoms with Crippen LogP contribution in [-0.4, -0.2) is 32.6 Å². The highest BCUT2D eigenvalue weighted by Crippen LogP contribution is 2.26. The van der Waals surface area contributed by atoms with Gasteiger partial charge in [0.2, 0.25) is 11.8 Å². The first kappa shape index (κ1) is 26.5. The molecule has 0 fully saturated rings. The molecule has 0 aliphatic rings. The van der Waals surface area contributed by atoms with E-state index in [0.717, 1.165) is 36.1 Å². The van der Waals surface area contributed by atoms with Gasteiger partial charge in [0.25, 0.3) is 0 Å². The molecule has 9 heteroatoms. The molecule has 2 aromatic heterocycles. The van der Waals surface area contributed by atoms with E-state index in [4.69, 9.17) is 4.52 Å². The van der Waals surface area contributed by atoms with E-state index in [0.29, 0.717) is 30.5 Å². The summed E-state index contributed by atoms with van der Waals surface area (Å²) >= 11 is 4.46. The van der Waals surface area contributed by atoms with E-state index in [2.05, 4.69) is 39.3 Å². The van der Waals surface area contributed by atoms with Crippen LogP contribution >= 0.6 is 12.6 Å². The highest BCUT2D eigenvalue weighted by molar-refractivity contribution is 7.81. The Kier molecular flexibility index (Phi) is 9.14. The quantitative estimate of drug-likeness (QED) is 0.244. The maximum atomic E-state index is 13.2. The maximum Gasteiger partial charge on any atom is 0.227 e. The molecule has 0 N–H and O–H groups in total. The summed E-state index contributed by atoms with van der Waals surface area (Å²) in [5, 5.41) is 3.99. The number of carbonyl (C=O) groups is 1. The van der Waals surface area contributed by atoms with Crippen LogP contribution in [0.25, 0.3) is 11.1 Å². The molecule has 2 heterocycles. The number of anilines is 1.